The Bertz CT molecular complexity index is 732. The number of carbonyl (C=O) groups excluding carboxylic acids is 1. The molecule has 2 N–H and O–H groups in total. The Balaban J connectivity index is 1.91. The van der Waals surface area contributed by atoms with E-state index in [1.807, 2.05) is 0 Å². The van der Waals surface area contributed by atoms with Crippen LogP contribution < -0.4 is 15.4 Å². The molecule has 0 atom stereocenters. The molecule has 0 aliphatic rings. The van der Waals surface area contributed by atoms with Crippen LogP contribution in [-0.4, -0.2) is 18.8 Å². The largest absolute Gasteiger partial charge is 0.573 e. The van der Waals surface area contributed by atoms with Gasteiger partial charge in [0.05, 0.1) is 6.54 Å². The topological polar surface area (TPSA) is 50.4 Å². The van der Waals surface area contributed by atoms with E-state index >= 15 is 0 Å². The fraction of sp³-hybridized carbons (Fsp3) is 0.188. The van der Waals surface area contributed by atoms with Crippen LogP contribution in [-0.2, 0) is 4.79 Å². The summed E-state index contributed by atoms with van der Waals surface area (Å²) in [7, 11) is 0. The van der Waals surface area contributed by atoms with Crippen molar-refractivity contribution in [1.82, 2.24) is 0 Å². The average Bonchev–Trinajstić information content (AvgIpc) is 2.48. The van der Waals surface area contributed by atoms with E-state index in [0.717, 1.165) is 12.1 Å². The van der Waals surface area contributed by atoms with Crippen LogP contribution in [0, 0.1) is 12.7 Å². The van der Waals surface area contributed by atoms with Crippen molar-refractivity contribution in [2.24, 2.45) is 0 Å². The van der Waals surface area contributed by atoms with E-state index in [-0.39, 0.29) is 12.2 Å². The Hall–Kier alpha value is -2.77. The van der Waals surface area contributed by atoms with E-state index in [4.69, 9.17) is 0 Å². The molecule has 128 valence electrons. The van der Waals surface area contributed by atoms with Crippen molar-refractivity contribution in [3.05, 3.63) is 53.8 Å². The highest BCUT2D eigenvalue weighted by Gasteiger charge is 2.31. The molecule has 0 heterocycles. The lowest BCUT2D eigenvalue weighted by molar-refractivity contribution is -0.274. The second-order valence-electron chi connectivity index (χ2n) is 4.94. The van der Waals surface area contributed by atoms with Crippen molar-refractivity contribution in [2.45, 2.75) is 13.3 Å². The standard InChI is InChI=1S/C16H14F4N2O2/c1-10-5-6-12(8-14(10)17)22-15(23)9-21-11-3-2-4-13(7-11)24-16(18,19)20/h2-8,21H,9H2,1H3,(H,22,23). The first-order chi connectivity index (χ1) is 11.2. The van der Waals surface area contributed by atoms with Crippen LogP contribution >= 0.6 is 0 Å². The van der Waals surface area contributed by atoms with Gasteiger partial charge in [0.1, 0.15) is 11.6 Å². The molecule has 0 unspecified atom stereocenters. The zero-order valence-corrected chi connectivity index (χ0v) is 12.6. The molecule has 2 rings (SSSR count). The molecule has 1 amide bonds. The zero-order chi connectivity index (χ0) is 17.7. The summed E-state index contributed by atoms with van der Waals surface area (Å²) in [5, 5.41) is 5.14. The molecule has 0 aromatic heterocycles. The van der Waals surface area contributed by atoms with Crippen molar-refractivity contribution >= 4 is 17.3 Å². The van der Waals surface area contributed by atoms with Crippen LogP contribution in [0.25, 0.3) is 0 Å². The maximum absolute atomic E-state index is 13.4. The highest BCUT2D eigenvalue weighted by atomic mass is 19.4. The molecule has 4 nitrogen and oxygen atoms in total. The lowest BCUT2D eigenvalue weighted by Crippen LogP contribution is -2.22. The number of anilines is 2. The van der Waals surface area contributed by atoms with Crippen molar-refractivity contribution in [1.29, 1.82) is 0 Å². The highest BCUT2D eigenvalue weighted by Crippen LogP contribution is 2.25. The Labute approximate surface area is 135 Å². The third kappa shape index (κ3) is 5.45. The average molecular weight is 342 g/mol. The van der Waals surface area contributed by atoms with E-state index in [0.29, 0.717) is 11.3 Å². The predicted octanol–water partition coefficient (Wildman–Crippen LogP) is 4.08. The van der Waals surface area contributed by atoms with E-state index in [1.54, 1.807) is 13.0 Å². The lowest BCUT2D eigenvalue weighted by atomic mass is 10.2. The van der Waals surface area contributed by atoms with Crippen molar-refractivity contribution < 1.29 is 27.1 Å². The van der Waals surface area contributed by atoms with Gasteiger partial charge in [0.15, 0.2) is 0 Å². The monoisotopic (exact) mass is 342 g/mol. The van der Waals surface area contributed by atoms with E-state index in [2.05, 4.69) is 15.4 Å². The highest BCUT2D eigenvalue weighted by molar-refractivity contribution is 5.93. The van der Waals surface area contributed by atoms with Gasteiger partial charge in [0.25, 0.3) is 0 Å². The number of amides is 1. The zero-order valence-electron chi connectivity index (χ0n) is 12.6. The van der Waals surface area contributed by atoms with Crippen LogP contribution in [0.2, 0.25) is 0 Å². The molecule has 2 aromatic rings. The van der Waals surface area contributed by atoms with Gasteiger partial charge in [-0.1, -0.05) is 12.1 Å². The quantitative estimate of drug-likeness (QED) is 0.805. The first-order valence-corrected chi connectivity index (χ1v) is 6.88. The van der Waals surface area contributed by atoms with Crippen molar-refractivity contribution in [3.8, 4) is 5.75 Å². The Morgan fingerprint density at radius 3 is 2.54 bits per heavy atom. The van der Waals surface area contributed by atoms with Crippen LogP contribution in [0.1, 0.15) is 5.56 Å². The SMILES string of the molecule is Cc1ccc(NC(=O)CNc2cccc(OC(F)(F)F)c2)cc1F. The molecule has 24 heavy (non-hydrogen) atoms. The maximum Gasteiger partial charge on any atom is 0.573 e. The number of rotatable bonds is 5. The van der Waals surface area contributed by atoms with Gasteiger partial charge in [-0.05, 0) is 36.8 Å². The summed E-state index contributed by atoms with van der Waals surface area (Å²) in [5.74, 6) is -1.31. The molecular weight excluding hydrogens is 328 g/mol. The normalized spacial score (nSPS) is 11.0. The smallest absolute Gasteiger partial charge is 0.406 e. The molecule has 8 heteroatoms. The summed E-state index contributed by atoms with van der Waals surface area (Å²) >= 11 is 0. The van der Waals surface area contributed by atoms with Gasteiger partial charge in [-0.15, -0.1) is 13.2 Å². The van der Waals surface area contributed by atoms with Crippen LogP contribution in [0.15, 0.2) is 42.5 Å². The summed E-state index contributed by atoms with van der Waals surface area (Å²) < 4.78 is 53.6. The number of hydrogen-bond donors (Lipinski definition) is 2. The molecule has 2 aromatic carbocycles. The fourth-order valence-electron chi connectivity index (χ4n) is 1.86. The third-order valence-corrected chi connectivity index (χ3v) is 2.98. The minimum Gasteiger partial charge on any atom is -0.406 e. The second-order valence-corrected chi connectivity index (χ2v) is 4.94. The lowest BCUT2D eigenvalue weighted by Gasteiger charge is -2.11. The fourth-order valence-corrected chi connectivity index (χ4v) is 1.86. The number of aryl methyl sites for hydroxylation is 1. The van der Waals surface area contributed by atoms with E-state index in [9.17, 15) is 22.4 Å². The van der Waals surface area contributed by atoms with Gasteiger partial charge in [0.2, 0.25) is 5.91 Å². The number of carbonyl (C=O) groups is 1. The summed E-state index contributed by atoms with van der Waals surface area (Å²) in [6, 6.07) is 9.37. The summed E-state index contributed by atoms with van der Waals surface area (Å²) in [4.78, 5) is 11.8. The van der Waals surface area contributed by atoms with Gasteiger partial charge in [-0.3, -0.25) is 4.79 Å². The number of ether oxygens (including phenoxy) is 1. The molecule has 0 fully saturated rings. The molecule has 0 bridgehead atoms. The molecular formula is C16H14F4N2O2. The Kier molecular flexibility index (Phi) is 5.28. The molecule has 0 saturated carbocycles. The molecule has 0 radical (unpaired) electrons. The van der Waals surface area contributed by atoms with E-state index < -0.39 is 23.8 Å². The van der Waals surface area contributed by atoms with Crippen molar-refractivity contribution in [3.63, 3.8) is 0 Å². The third-order valence-electron chi connectivity index (χ3n) is 2.98. The molecule has 0 aliphatic carbocycles. The van der Waals surface area contributed by atoms with Crippen LogP contribution in [0.3, 0.4) is 0 Å². The minimum atomic E-state index is -4.79. The first kappa shape index (κ1) is 17.6. The van der Waals surface area contributed by atoms with Gasteiger partial charge in [-0.2, -0.15) is 0 Å². The molecule has 0 aliphatic heterocycles. The minimum absolute atomic E-state index is 0.203. The predicted molar refractivity (Wildman–Crippen MR) is 81.4 cm³/mol. The second kappa shape index (κ2) is 7.20. The molecule has 0 saturated heterocycles. The Morgan fingerprint density at radius 1 is 1.12 bits per heavy atom. The maximum atomic E-state index is 13.4. The summed E-state index contributed by atoms with van der Waals surface area (Å²) in [6.45, 7) is 1.39. The van der Waals surface area contributed by atoms with Gasteiger partial charge in [0, 0.05) is 17.4 Å². The van der Waals surface area contributed by atoms with Crippen molar-refractivity contribution in [2.75, 3.05) is 17.2 Å². The van der Waals surface area contributed by atoms with Gasteiger partial charge < -0.3 is 15.4 Å². The number of alkyl halides is 3. The number of halogens is 4. The number of benzene rings is 2. The van der Waals surface area contributed by atoms with Gasteiger partial charge in [-0.25, -0.2) is 4.39 Å². The number of nitrogens with one attached hydrogen (secondary N) is 2. The summed E-state index contributed by atoms with van der Waals surface area (Å²) in [6.07, 6.45) is -4.79. The Morgan fingerprint density at radius 2 is 1.88 bits per heavy atom. The summed E-state index contributed by atoms with van der Waals surface area (Å²) in [5.41, 5.74) is 1.02. The van der Waals surface area contributed by atoms with Gasteiger partial charge >= 0.3 is 6.36 Å². The van der Waals surface area contributed by atoms with Crippen LogP contribution in [0.5, 0.6) is 5.75 Å². The number of hydrogen-bond acceptors (Lipinski definition) is 3. The van der Waals surface area contributed by atoms with E-state index in [1.165, 1.54) is 24.3 Å². The molecule has 0 spiro atoms. The first-order valence-electron chi connectivity index (χ1n) is 6.88. The van der Waals surface area contributed by atoms with Crippen LogP contribution in [0.4, 0.5) is 28.9 Å².